The molecule has 1 atom stereocenters. The number of fused-ring (bicyclic) bond motifs is 1. The lowest BCUT2D eigenvalue weighted by Crippen LogP contribution is -2.24. The second kappa shape index (κ2) is 4.37. The molecular formula is C13H16N2O2. The van der Waals surface area contributed by atoms with Crippen molar-refractivity contribution in [2.45, 2.75) is 12.8 Å². The van der Waals surface area contributed by atoms with Crippen molar-refractivity contribution in [2.24, 2.45) is 5.92 Å². The Morgan fingerprint density at radius 1 is 1.47 bits per heavy atom. The van der Waals surface area contributed by atoms with Crippen LogP contribution in [0, 0.1) is 5.92 Å². The second-order valence-electron chi connectivity index (χ2n) is 4.60. The Bertz CT molecular complexity index is 439. The number of nitrogens with one attached hydrogen (secondary N) is 2. The van der Waals surface area contributed by atoms with Crippen LogP contribution in [-0.2, 0) is 11.2 Å². The number of carbonyl (C=O) groups is 1. The van der Waals surface area contributed by atoms with E-state index in [2.05, 4.69) is 10.6 Å². The summed E-state index contributed by atoms with van der Waals surface area (Å²) in [5.41, 5.74) is 2.07. The molecule has 3 rings (SSSR count). The Hall–Kier alpha value is -1.55. The first-order chi connectivity index (χ1) is 8.33. The van der Waals surface area contributed by atoms with Crippen molar-refractivity contribution >= 4 is 11.6 Å². The van der Waals surface area contributed by atoms with E-state index in [4.69, 9.17) is 4.74 Å². The number of carbonyl (C=O) groups excluding carboxylic acids is 1. The zero-order valence-electron chi connectivity index (χ0n) is 9.66. The van der Waals surface area contributed by atoms with E-state index < -0.39 is 0 Å². The van der Waals surface area contributed by atoms with Gasteiger partial charge in [0.25, 0.3) is 0 Å². The van der Waals surface area contributed by atoms with Crippen LogP contribution in [-0.4, -0.2) is 25.6 Å². The highest BCUT2D eigenvalue weighted by atomic mass is 16.5. The van der Waals surface area contributed by atoms with Gasteiger partial charge in [-0.05, 0) is 36.7 Å². The van der Waals surface area contributed by atoms with Crippen LogP contribution in [0.1, 0.15) is 12.0 Å². The summed E-state index contributed by atoms with van der Waals surface area (Å²) in [7, 11) is 0. The highest BCUT2D eigenvalue weighted by Crippen LogP contribution is 2.28. The summed E-state index contributed by atoms with van der Waals surface area (Å²) in [6, 6.07) is 5.86. The van der Waals surface area contributed by atoms with Gasteiger partial charge in [-0.1, -0.05) is 0 Å². The van der Waals surface area contributed by atoms with E-state index in [1.807, 2.05) is 18.2 Å². The summed E-state index contributed by atoms with van der Waals surface area (Å²) in [5.74, 6) is 1.18. The van der Waals surface area contributed by atoms with E-state index in [0.717, 1.165) is 44.0 Å². The minimum atomic E-state index is 0.111. The largest absolute Gasteiger partial charge is 0.493 e. The molecule has 1 aromatic carbocycles. The van der Waals surface area contributed by atoms with Gasteiger partial charge in [-0.25, -0.2) is 0 Å². The molecule has 0 aliphatic carbocycles. The van der Waals surface area contributed by atoms with Gasteiger partial charge >= 0.3 is 0 Å². The van der Waals surface area contributed by atoms with Crippen LogP contribution in [0.15, 0.2) is 18.2 Å². The number of hydrogen-bond donors (Lipinski definition) is 2. The first kappa shape index (κ1) is 10.6. The molecule has 0 aromatic heterocycles. The Labute approximate surface area is 100 Å². The predicted molar refractivity (Wildman–Crippen MR) is 65.2 cm³/mol. The normalized spacial score (nSPS) is 22.0. The van der Waals surface area contributed by atoms with Crippen molar-refractivity contribution in [1.29, 1.82) is 0 Å². The molecule has 2 aliphatic rings. The first-order valence-corrected chi connectivity index (χ1v) is 6.10. The molecule has 0 bridgehead atoms. The van der Waals surface area contributed by atoms with Gasteiger partial charge in [0.05, 0.1) is 12.5 Å². The predicted octanol–water partition coefficient (Wildman–Crippen LogP) is 1.17. The van der Waals surface area contributed by atoms with Crippen molar-refractivity contribution < 1.29 is 9.53 Å². The monoisotopic (exact) mass is 232 g/mol. The molecule has 4 nitrogen and oxygen atoms in total. The number of rotatable bonds is 2. The van der Waals surface area contributed by atoms with Gasteiger partial charge in [-0.15, -0.1) is 0 Å². The molecule has 1 aromatic rings. The molecule has 1 saturated heterocycles. The van der Waals surface area contributed by atoms with E-state index in [1.54, 1.807) is 0 Å². The second-order valence-corrected chi connectivity index (χ2v) is 4.60. The Morgan fingerprint density at radius 2 is 2.41 bits per heavy atom. The number of anilines is 1. The maximum atomic E-state index is 11.9. The molecule has 0 spiro atoms. The molecule has 4 heteroatoms. The molecule has 0 radical (unpaired) electrons. The first-order valence-electron chi connectivity index (χ1n) is 6.10. The lowest BCUT2D eigenvalue weighted by Gasteiger charge is -2.10. The quantitative estimate of drug-likeness (QED) is 0.804. The van der Waals surface area contributed by atoms with Crippen molar-refractivity contribution in [3.63, 3.8) is 0 Å². The lowest BCUT2D eigenvalue weighted by molar-refractivity contribution is -0.119. The average molecular weight is 232 g/mol. The average Bonchev–Trinajstić information content (AvgIpc) is 2.99. The van der Waals surface area contributed by atoms with Gasteiger partial charge in [0.1, 0.15) is 5.75 Å². The standard InChI is InChI=1S/C13H16N2O2/c16-13(10-3-5-14-8-10)15-11-1-2-12-9(7-11)4-6-17-12/h1-2,7,10,14H,3-6,8H2,(H,15,16). The zero-order valence-corrected chi connectivity index (χ0v) is 9.66. The fourth-order valence-corrected chi connectivity index (χ4v) is 2.39. The Kier molecular flexibility index (Phi) is 2.73. The highest BCUT2D eigenvalue weighted by Gasteiger charge is 2.22. The third-order valence-electron chi connectivity index (χ3n) is 3.39. The van der Waals surface area contributed by atoms with Gasteiger partial charge in [0.15, 0.2) is 0 Å². The zero-order chi connectivity index (χ0) is 11.7. The van der Waals surface area contributed by atoms with Gasteiger partial charge < -0.3 is 15.4 Å². The van der Waals surface area contributed by atoms with Gasteiger partial charge in [0, 0.05) is 18.7 Å². The van der Waals surface area contributed by atoms with Gasteiger partial charge in [-0.3, -0.25) is 4.79 Å². The van der Waals surface area contributed by atoms with Crippen LogP contribution in [0.3, 0.4) is 0 Å². The fourth-order valence-electron chi connectivity index (χ4n) is 2.39. The fraction of sp³-hybridized carbons (Fsp3) is 0.462. The minimum absolute atomic E-state index is 0.111. The number of ether oxygens (including phenoxy) is 1. The van der Waals surface area contributed by atoms with Crippen molar-refractivity contribution in [1.82, 2.24) is 5.32 Å². The summed E-state index contributed by atoms with van der Waals surface area (Å²) in [5, 5.41) is 6.18. The summed E-state index contributed by atoms with van der Waals surface area (Å²) >= 11 is 0. The van der Waals surface area contributed by atoms with Crippen LogP contribution in [0.25, 0.3) is 0 Å². The summed E-state index contributed by atoms with van der Waals surface area (Å²) in [4.78, 5) is 11.9. The maximum absolute atomic E-state index is 11.9. The highest BCUT2D eigenvalue weighted by molar-refractivity contribution is 5.93. The summed E-state index contributed by atoms with van der Waals surface area (Å²) in [6.07, 6.45) is 1.86. The molecule has 1 amide bonds. The van der Waals surface area contributed by atoms with Crippen LogP contribution >= 0.6 is 0 Å². The molecule has 17 heavy (non-hydrogen) atoms. The van der Waals surface area contributed by atoms with Crippen LogP contribution in [0.4, 0.5) is 5.69 Å². The number of benzene rings is 1. The molecule has 2 aliphatic heterocycles. The van der Waals surface area contributed by atoms with E-state index in [-0.39, 0.29) is 11.8 Å². The maximum Gasteiger partial charge on any atom is 0.228 e. The van der Waals surface area contributed by atoms with Gasteiger partial charge in [0.2, 0.25) is 5.91 Å². The SMILES string of the molecule is O=C(Nc1ccc2c(c1)CCO2)C1CCNC1. The van der Waals surface area contributed by atoms with Crippen molar-refractivity contribution in [3.05, 3.63) is 23.8 Å². The molecule has 90 valence electrons. The van der Waals surface area contributed by atoms with Crippen LogP contribution < -0.4 is 15.4 Å². The van der Waals surface area contributed by atoms with Gasteiger partial charge in [-0.2, -0.15) is 0 Å². The van der Waals surface area contributed by atoms with E-state index >= 15 is 0 Å². The number of hydrogen-bond acceptors (Lipinski definition) is 3. The molecular weight excluding hydrogens is 216 g/mol. The van der Waals surface area contributed by atoms with Crippen LogP contribution in [0.2, 0.25) is 0 Å². The Morgan fingerprint density at radius 3 is 3.24 bits per heavy atom. The molecule has 1 unspecified atom stereocenters. The van der Waals surface area contributed by atoms with E-state index in [9.17, 15) is 4.79 Å². The molecule has 0 saturated carbocycles. The number of amides is 1. The van der Waals surface area contributed by atoms with Crippen molar-refractivity contribution in [2.75, 3.05) is 25.0 Å². The third kappa shape index (κ3) is 2.13. The lowest BCUT2D eigenvalue weighted by atomic mass is 10.1. The molecule has 2 N–H and O–H groups in total. The Balaban J connectivity index is 1.70. The summed E-state index contributed by atoms with van der Waals surface area (Å²) < 4.78 is 5.44. The summed E-state index contributed by atoms with van der Waals surface area (Å²) in [6.45, 7) is 2.48. The molecule has 2 heterocycles. The minimum Gasteiger partial charge on any atom is -0.493 e. The third-order valence-corrected chi connectivity index (χ3v) is 3.39. The van der Waals surface area contributed by atoms with E-state index in [1.165, 1.54) is 5.56 Å². The van der Waals surface area contributed by atoms with E-state index in [0.29, 0.717) is 0 Å². The molecule has 1 fully saturated rings. The van der Waals surface area contributed by atoms with Crippen LogP contribution in [0.5, 0.6) is 5.75 Å². The topological polar surface area (TPSA) is 50.4 Å². The smallest absolute Gasteiger partial charge is 0.228 e. The van der Waals surface area contributed by atoms with Crippen molar-refractivity contribution in [3.8, 4) is 5.75 Å².